The number of hydrogen-bond acceptors (Lipinski definition) is 4. The molecule has 0 spiro atoms. The van der Waals surface area contributed by atoms with Crippen LogP contribution in [0.2, 0.25) is 0 Å². The van der Waals surface area contributed by atoms with Crippen LogP contribution in [-0.2, 0) is 17.3 Å². The van der Waals surface area contributed by atoms with Crippen molar-refractivity contribution in [1.82, 2.24) is 15.4 Å². The van der Waals surface area contributed by atoms with Crippen LogP contribution >= 0.6 is 0 Å². The Balaban J connectivity index is 1.71. The van der Waals surface area contributed by atoms with Crippen LogP contribution < -0.4 is 5.32 Å². The van der Waals surface area contributed by atoms with Crippen molar-refractivity contribution in [3.05, 3.63) is 52.4 Å². The van der Waals surface area contributed by atoms with Gasteiger partial charge in [0.15, 0.2) is 5.96 Å². The zero-order valence-electron chi connectivity index (χ0n) is 17.4. The summed E-state index contributed by atoms with van der Waals surface area (Å²) in [5.41, 5.74) is 1.77. The van der Waals surface area contributed by atoms with Gasteiger partial charge in [-0.2, -0.15) is 13.2 Å². The van der Waals surface area contributed by atoms with Gasteiger partial charge in [-0.15, -0.1) is 0 Å². The zero-order valence-corrected chi connectivity index (χ0v) is 17.4. The molecule has 6 nitrogen and oxygen atoms in total. The standard InChI is InChI=1S/C21H27F3N4O2/c1-4-25-20(26-9-8-18-14(2)27-30-15(18)3)28-10-11-29-19(13-28)16-6-5-7-17(12-16)21(22,23)24/h5-7,12,19H,4,8-11,13H2,1-3H3,(H,25,26). The molecule has 0 amide bonds. The minimum Gasteiger partial charge on any atom is -0.370 e. The number of nitrogens with one attached hydrogen (secondary N) is 1. The molecule has 2 aromatic rings. The van der Waals surface area contributed by atoms with Gasteiger partial charge in [0.25, 0.3) is 0 Å². The van der Waals surface area contributed by atoms with E-state index >= 15 is 0 Å². The van der Waals surface area contributed by atoms with E-state index in [9.17, 15) is 13.2 Å². The highest BCUT2D eigenvalue weighted by molar-refractivity contribution is 5.80. The molecule has 1 fully saturated rings. The number of rotatable bonds is 5. The lowest BCUT2D eigenvalue weighted by Crippen LogP contribution is -2.48. The first kappa shape index (κ1) is 22.1. The van der Waals surface area contributed by atoms with Gasteiger partial charge in [-0.1, -0.05) is 17.3 Å². The lowest BCUT2D eigenvalue weighted by Gasteiger charge is -2.35. The van der Waals surface area contributed by atoms with Crippen LogP contribution in [0, 0.1) is 13.8 Å². The fourth-order valence-electron chi connectivity index (χ4n) is 3.52. The summed E-state index contributed by atoms with van der Waals surface area (Å²) >= 11 is 0. The van der Waals surface area contributed by atoms with Crippen molar-refractivity contribution in [2.75, 3.05) is 32.8 Å². The quantitative estimate of drug-likeness (QED) is 0.583. The van der Waals surface area contributed by atoms with Gasteiger partial charge in [0.2, 0.25) is 0 Å². The maximum atomic E-state index is 13.1. The Hall–Kier alpha value is -2.55. The molecule has 1 N–H and O–H groups in total. The molecule has 9 heteroatoms. The monoisotopic (exact) mass is 424 g/mol. The van der Waals surface area contributed by atoms with Gasteiger partial charge in [0.05, 0.1) is 24.4 Å². The average Bonchev–Trinajstić information content (AvgIpc) is 3.05. The first-order chi connectivity index (χ1) is 14.3. The largest absolute Gasteiger partial charge is 0.416 e. The second-order valence-corrected chi connectivity index (χ2v) is 7.22. The van der Waals surface area contributed by atoms with Crippen LogP contribution in [0.15, 0.2) is 33.8 Å². The summed E-state index contributed by atoms with van der Waals surface area (Å²) in [6, 6.07) is 5.33. The van der Waals surface area contributed by atoms with Crippen molar-refractivity contribution in [1.29, 1.82) is 0 Å². The number of alkyl halides is 3. The van der Waals surface area contributed by atoms with Gasteiger partial charge < -0.3 is 19.5 Å². The number of benzene rings is 1. The fourth-order valence-corrected chi connectivity index (χ4v) is 3.52. The molecule has 1 aromatic carbocycles. The topological polar surface area (TPSA) is 62.9 Å². The molecule has 2 heterocycles. The molecule has 0 radical (unpaired) electrons. The van der Waals surface area contributed by atoms with Gasteiger partial charge in [-0.05, 0) is 44.9 Å². The summed E-state index contributed by atoms with van der Waals surface area (Å²) in [5.74, 6) is 1.52. The van der Waals surface area contributed by atoms with Gasteiger partial charge in [0.1, 0.15) is 11.9 Å². The molecule has 3 rings (SSSR count). The summed E-state index contributed by atoms with van der Waals surface area (Å²) in [7, 11) is 0. The SMILES string of the molecule is CCNC(=NCCc1c(C)noc1C)N1CCOC(c2cccc(C(F)(F)F)c2)C1. The molecule has 164 valence electrons. The van der Waals surface area contributed by atoms with Crippen molar-refractivity contribution in [3.8, 4) is 0 Å². The number of ether oxygens (including phenoxy) is 1. The van der Waals surface area contributed by atoms with E-state index in [0.29, 0.717) is 44.8 Å². The first-order valence-corrected chi connectivity index (χ1v) is 10.0. The Kier molecular flexibility index (Phi) is 7.02. The van der Waals surface area contributed by atoms with Crippen molar-refractivity contribution < 1.29 is 22.4 Å². The molecular formula is C21H27F3N4O2. The van der Waals surface area contributed by atoms with E-state index in [0.717, 1.165) is 35.1 Å². The summed E-state index contributed by atoms with van der Waals surface area (Å²) < 4.78 is 50.1. The average molecular weight is 424 g/mol. The summed E-state index contributed by atoms with van der Waals surface area (Å²) in [5, 5.41) is 7.23. The Morgan fingerprint density at radius 3 is 2.80 bits per heavy atom. The third kappa shape index (κ3) is 5.33. The van der Waals surface area contributed by atoms with Crippen molar-refractivity contribution >= 4 is 5.96 Å². The van der Waals surface area contributed by atoms with Gasteiger partial charge in [0, 0.05) is 25.2 Å². The number of aromatic nitrogens is 1. The van der Waals surface area contributed by atoms with E-state index < -0.39 is 17.8 Å². The zero-order chi connectivity index (χ0) is 21.7. The maximum absolute atomic E-state index is 13.1. The van der Waals surface area contributed by atoms with Gasteiger partial charge in [-0.25, -0.2) is 0 Å². The Morgan fingerprint density at radius 2 is 2.13 bits per heavy atom. The second-order valence-electron chi connectivity index (χ2n) is 7.22. The molecule has 1 unspecified atom stereocenters. The molecule has 0 aliphatic carbocycles. The summed E-state index contributed by atoms with van der Waals surface area (Å²) in [6.07, 6.45) is -4.12. The number of aryl methyl sites for hydroxylation is 2. The number of halogens is 3. The number of nitrogens with zero attached hydrogens (tertiary/aromatic N) is 3. The van der Waals surface area contributed by atoms with Crippen LogP contribution in [0.25, 0.3) is 0 Å². The maximum Gasteiger partial charge on any atom is 0.416 e. The number of guanidine groups is 1. The molecule has 1 aliphatic heterocycles. The summed E-state index contributed by atoms with van der Waals surface area (Å²) in [6.45, 7) is 8.47. The first-order valence-electron chi connectivity index (χ1n) is 10.0. The molecule has 0 saturated carbocycles. The highest BCUT2D eigenvalue weighted by atomic mass is 19.4. The number of morpholine rings is 1. The minimum atomic E-state index is -4.38. The normalized spacial score (nSPS) is 18.0. The highest BCUT2D eigenvalue weighted by Gasteiger charge is 2.32. The van der Waals surface area contributed by atoms with E-state index in [1.807, 2.05) is 25.7 Å². The molecule has 1 aliphatic rings. The van der Waals surface area contributed by atoms with E-state index in [1.165, 1.54) is 6.07 Å². The number of aliphatic imine (C=N–C) groups is 1. The fraction of sp³-hybridized carbons (Fsp3) is 0.524. The molecular weight excluding hydrogens is 397 g/mol. The molecule has 1 atom stereocenters. The second kappa shape index (κ2) is 9.51. The number of hydrogen-bond donors (Lipinski definition) is 1. The van der Waals surface area contributed by atoms with Crippen LogP contribution in [0.3, 0.4) is 0 Å². The smallest absolute Gasteiger partial charge is 0.370 e. The summed E-state index contributed by atoms with van der Waals surface area (Å²) in [4.78, 5) is 6.74. The molecule has 1 aromatic heterocycles. The van der Waals surface area contributed by atoms with E-state index in [1.54, 1.807) is 6.07 Å². The van der Waals surface area contributed by atoms with Crippen LogP contribution in [-0.4, -0.2) is 48.8 Å². The van der Waals surface area contributed by atoms with Gasteiger partial charge in [-0.3, -0.25) is 4.99 Å². The van der Waals surface area contributed by atoms with E-state index in [-0.39, 0.29) is 0 Å². The third-order valence-electron chi connectivity index (χ3n) is 5.09. The Bertz CT molecular complexity index is 860. The van der Waals surface area contributed by atoms with Crippen molar-refractivity contribution in [2.24, 2.45) is 4.99 Å². The predicted molar refractivity (Wildman–Crippen MR) is 107 cm³/mol. The molecule has 1 saturated heterocycles. The van der Waals surface area contributed by atoms with Crippen molar-refractivity contribution in [2.45, 2.75) is 39.5 Å². The third-order valence-corrected chi connectivity index (χ3v) is 5.09. The predicted octanol–water partition coefficient (Wildman–Crippen LogP) is 3.89. The minimum absolute atomic E-state index is 0.412. The highest BCUT2D eigenvalue weighted by Crippen LogP contribution is 2.32. The van der Waals surface area contributed by atoms with Crippen LogP contribution in [0.1, 0.15) is 41.2 Å². The van der Waals surface area contributed by atoms with E-state index in [2.05, 4.69) is 10.5 Å². The lowest BCUT2D eigenvalue weighted by atomic mass is 10.0. The molecule has 0 bridgehead atoms. The Morgan fingerprint density at radius 1 is 1.33 bits per heavy atom. The van der Waals surface area contributed by atoms with Crippen LogP contribution in [0.4, 0.5) is 13.2 Å². The van der Waals surface area contributed by atoms with E-state index in [4.69, 9.17) is 14.3 Å². The van der Waals surface area contributed by atoms with Crippen LogP contribution in [0.5, 0.6) is 0 Å². The van der Waals surface area contributed by atoms with Crippen molar-refractivity contribution in [3.63, 3.8) is 0 Å². The molecule has 30 heavy (non-hydrogen) atoms. The Labute approximate surface area is 174 Å². The van der Waals surface area contributed by atoms with Gasteiger partial charge >= 0.3 is 6.18 Å². The lowest BCUT2D eigenvalue weighted by molar-refractivity contribution is -0.137.